The van der Waals surface area contributed by atoms with E-state index in [0.29, 0.717) is 0 Å². The van der Waals surface area contributed by atoms with Gasteiger partial charge in [0, 0.05) is 0 Å². The van der Waals surface area contributed by atoms with Crippen molar-refractivity contribution in [3.63, 3.8) is 0 Å². The van der Waals surface area contributed by atoms with Crippen LogP contribution in [0, 0.1) is 0 Å². The number of hydrogen-bond donors (Lipinski definition) is 0. The van der Waals surface area contributed by atoms with Crippen LogP contribution in [0.25, 0.3) is 0 Å². The predicted molar refractivity (Wildman–Crippen MR) is 26.3 cm³/mol. The number of rotatable bonds is 2. The Hall–Kier alpha value is 0.416. The molecular formula is C4H5OsP. The third-order valence-electron chi connectivity index (χ3n) is 0.275. The van der Waals surface area contributed by atoms with Crippen molar-refractivity contribution in [1.29, 1.82) is 0 Å². The molecule has 0 nitrogen and oxygen atoms in total. The Bertz CT molecular complexity index is 65.6. The minimum absolute atomic E-state index is 1.32. The van der Waals surface area contributed by atoms with E-state index in [1.807, 2.05) is 29.5 Å². The average molecular weight is 274 g/mol. The van der Waals surface area contributed by atoms with Crippen LogP contribution in [-0.4, -0.2) is 0 Å². The van der Waals surface area contributed by atoms with Crippen LogP contribution < -0.4 is 0 Å². The van der Waals surface area contributed by atoms with Crippen molar-refractivity contribution in [2.45, 2.75) is 0 Å². The summed E-state index contributed by atoms with van der Waals surface area (Å²) in [4.78, 5) is 0. The molecule has 0 spiro atoms. The molecule has 0 aromatic carbocycles. The van der Waals surface area contributed by atoms with Gasteiger partial charge in [-0.3, -0.25) is 0 Å². The summed E-state index contributed by atoms with van der Waals surface area (Å²) in [5.41, 5.74) is 0. The maximum atomic E-state index is 3.51. The third kappa shape index (κ3) is 4.42. The van der Waals surface area contributed by atoms with Gasteiger partial charge >= 0.3 is 48.6 Å². The first-order chi connectivity index (χ1) is 2.91. The fourth-order valence-electron chi connectivity index (χ4n) is 0.0913. The molecule has 6 heavy (non-hydrogen) atoms. The summed E-state index contributed by atoms with van der Waals surface area (Å²) in [6, 6.07) is 0. The summed E-state index contributed by atoms with van der Waals surface area (Å²) in [5.74, 6) is 2.05. The summed E-state index contributed by atoms with van der Waals surface area (Å²) in [6.45, 7) is 3.51. The third-order valence-corrected chi connectivity index (χ3v) is 1.69. The Balaban J connectivity index is 3.17. The second-order valence-electron chi connectivity index (χ2n) is 0.669. The van der Waals surface area contributed by atoms with Crippen LogP contribution in [0.5, 0.6) is 0 Å². The molecule has 0 bridgehead atoms. The SMILES string of the molecule is C=C/C=C\[P]=[Os]. The molecule has 0 aliphatic heterocycles. The number of allylic oxidation sites excluding steroid dienone is 2. The molecule has 0 saturated carbocycles. The fraction of sp³-hybridized carbons (Fsp3) is 0. The first-order valence-corrected chi connectivity index (χ1v) is 5.73. The maximum absolute atomic E-state index is 3.51. The molecule has 0 radical (unpaired) electrons. The Morgan fingerprint density at radius 1 is 1.67 bits per heavy atom. The quantitative estimate of drug-likeness (QED) is 0.534. The van der Waals surface area contributed by atoms with Gasteiger partial charge in [0.2, 0.25) is 0 Å². The van der Waals surface area contributed by atoms with Gasteiger partial charge in [0.25, 0.3) is 0 Å². The summed E-state index contributed by atoms with van der Waals surface area (Å²) in [7, 11) is 0. The molecule has 0 fully saturated rings. The molecule has 0 saturated heterocycles. The number of hydrogen-bond acceptors (Lipinski definition) is 0. The Morgan fingerprint density at radius 2 is 2.33 bits per heavy atom. The Morgan fingerprint density at radius 3 is 2.50 bits per heavy atom. The molecular weight excluding hydrogens is 269 g/mol. The molecule has 0 heterocycles. The van der Waals surface area contributed by atoms with E-state index in [0.717, 1.165) is 0 Å². The first kappa shape index (κ1) is 6.42. The monoisotopic (exact) mass is 276 g/mol. The predicted octanol–water partition coefficient (Wildman–Crippen LogP) is 2.09. The van der Waals surface area contributed by atoms with Gasteiger partial charge in [0.05, 0.1) is 0 Å². The zero-order valence-corrected chi connectivity index (χ0v) is 6.67. The zero-order valence-electron chi connectivity index (χ0n) is 3.24. The summed E-state index contributed by atoms with van der Waals surface area (Å²) < 4.78 is 0. The molecule has 0 aliphatic carbocycles. The van der Waals surface area contributed by atoms with E-state index in [-0.39, 0.29) is 0 Å². The van der Waals surface area contributed by atoms with Crippen LogP contribution in [0.2, 0.25) is 0 Å². The van der Waals surface area contributed by atoms with Crippen molar-refractivity contribution in [3.05, 3.63) is 24.5 Å². The molecule has 0 rings (SSSR count). The van der Waals surface area contributed by atoms with Crippen LogP contribution >= 0.6 is 6.41 Å². The molecule has 2 heteroatoms. The standard InChI is InChI=1S/C4H5P.Os/c1-2-3-4-5;/h2-4H,1H2;/b4-3-;. The fourth-order valence-corrected chi connectivity index (χ4v) is 0.930. The molecule has 0 unspecified atom stereocenters. The summed E-state index contributed by atoms with van der Waals surface area (Å²) in [5, 5.41) is 0. The first-order valence-electron chi connectivity index (χ1n) is 1.49. The normalized spacial score (nSPS) is 10.2. The molecule has 0 aromatic heterocycles. The van der Waals surface area contributed by atoms with E-state index in [2.05, 4.69) is 6.58 Å². The average Bonchev–Trinajstić information content (AvgIpc) is 1.61. The van der Waals surface area contributed by atoms with E-state index < -0.39 is 0 Å². The van der Waals surface area contributed by atoms with Crippen LogP contribution in [0.15, 0.2) is 24.5 Å². The molecule has 0 aliphatic rings. The van der Waals surface area contributed by atoms with Crippen LogP contribution in [-0.2, 0) is 17.6 Å². The topological polar surface area (TPSA) is 0 Å². The van der Waals surface area contributed by atoms with Crippen molar-refractivity contribution < 1.29 is 17.6 Å². The van der Waals surface area contributed by atoms with Gasteiger partial charge in [0.15, 0.2) is 0 Å². The van der Waals surface area contributed by atoms with E-state index in [4.69, 9.17) is 0 Å². The zero-order chi connectivity index (χ0) is 4.83. The van der Waals surface area contributed by atoms with Gasteiger partial charge in [-0.15, -0.1) is 0 Å². The van der Waals surface area contributed by atoms with Gasteiger partial charge in [-0.2, -0.15) is 0 Å². The van der Waals surface area contributed by atoms with E-state index >= 15 is 0 Å². The molecule has 0 atom stereocenters. The Kier molecular flexibility index (Phi) is 5.79. The molecule has 34 valence electrons. The van der Waals surface area contributed by atoms with Crippen LogP contribution in [0.1, 0.15) is 0 Å². The minimum atomic E-state index is 1.32. The van der Waals surface area contributed by atoms with Crippen molar-refractivity contribution in [2.75, 3.05) is 0 Å². The van der Waals surface area contributed by atoms with Crippen molar-refractivity contribution in [3.8, 4) is 0 Å². The Labute approximate surface area is 49.0 Å². The molecule has 0 aromatic rings. The summed E-state index contributed by atoms with van der Waals surface area (Å²) >= 11 is 1.90. The van der Waals surface area contributed by atoms with Gasteiger partial charge in [-0.1, -0.05) is 0 Å². The summed E-state index contributed by atoms with van der Waals surface area (Å²) in [6.07, 6.45) is 5.04. The van der Waals surface area contributed by atoms with Crippen molar-refractivity contribution >= 4 is 6.41 Å². The van der Waals surface area contributed by atoms with Gasteiger partial charge in [0.1, 0.15) is 0 Å². The van der Waals surface area contributed by atoms with Gasteiger partial charge in [-0.25, -0.2) is 0 Å². The van der Waals surface area contributed by atoms with Gasteiger partial charge < -0.3 is 0 Å². The van der Waals surface area contributed by atoms with Gasteiger partial charge in [-0.05, 0) is 0 Å². The van der Waals surface area contributed by atoms with Crippen LogP contribution in [0.3, 0.4) is 0 Å². The molecule has 0 N–H and O–H groups in total. The second-order valence-corrected chi connectivity index (χ2v) is 3.12. The molecule has 0 amide bonds. The van der Waals surface area contributed by atoms with Crippen LogP contribution in [0.4, 0.5) is 0 Å². The van der Waals surface area contributed by atoms with Crippen molar-refractivity contribution in [1.82, 2.24) is 0 Å². The second kappa shape index (κ2) is 5.42. The van der Waals surface area contributed by atoms with E-state index in [1.165, 1.54) is 6.41 Å². The van der Waals surface area contributed by atoms with E-state index in [9.17, 15) is 0 Å². The van der Waals surface area contributed by atoms with E-state index in [1.54, 1.807) is 6.08 Å². The van der Waals surface area contributed by atoms with Crippen molar-refractivity contribution in [2.24, 2.45) is 0 Å².